The quantitative estimate of drug-likeness (QED) is 0.621. The van der Waals surface area contributed by atoms with Crippen molar-refractivity contribution in [2.75, 3.05) is 13.2 Å². The zero-order valence-corrected chi connectivity index (χ0v) is 17.1. The van der Waals surface area contributed by atoms with Crippen molar-refractivity contribution >= 4 is 17.5 Å². The van der Waals surface area contributed by atoms with E-state index in [2.05, 4.69) is 25.3 Å². The van der Waals surface area contributed by atoms with Gasteiger partial charge in [-0.25, -0.2) is 9.97 Å². The molecule has 0 unspecified atom stereocenters. The average Bonchev–Trinajstić information content (AvgIpc) is 2.66. The molecule has 1 fully saturated rings. The maximum Gasteiger partial charge on any atom is 0.240 e. The first-order chi connectivity index (χ1) is 14.0. The van der Waals surface area contributed by atoms with Gasteiger partial charge in [-0.2, -0.15) is 0 Å². The first-order valence-corrected chi connectivity index (χ1v) is 9.78. The minimum atomic E-state index is -0.0530. The number of aromatic nitrogens is 4. The number of nitrogens with zero attached hydrogens (tertiary/aromatic N) is 4. The van der Waals surface area contributed by atoms with Gasteiger partial charge in [-0.05, 0) is 25.7 Å². The van der Waals surface area contributed by atoms with Gasteiger partial charge in [-0.15, -0.1) is 0 Å². The van der Waals surface area contributed by atoms with Crippen molar-refractivity contribution in [3.63, 3.8) is 0 Å². The van der Waals surface area contributed by atoms with Crippen molar-refractivity contribution in [1.29, 1.82) is 0 Å². The molecule has 1 amide bonds. The summed E-state index contributed by atoms with van der Waals surface area (Å²) in [6, 6.07) is 0.00270. The Hall–Kier alpha value is -2.52. The minimum Gasteiger partial charge on any atom is -0.476 e. The lowest BCUT2D eigenvalue weighted by Gasteiger charge is -2.35. The molecule has 9 nitrogen and oxygen atoms in total. The van der Waals surface area contributed by atoms with Crippen LogP contribution in [-0.4, -0.2) is 51.2 Å². The van der Waals surface area contributed by atoms with Gasteiger partial charge in [0.1, 0.15) is 12.9 Å². The highest BCUT2D eigenvalue weighted by Gasteiger charge is 2.31. The summed E-state index contributed by atoms with van der Waals surface area (Å²) < 4.78 is 17.1. The van der Waals surface area contributed by atoms with E-state index in [0.717, 1.165) is 12.8 Å². The summed E-state index contributed by atoms with van der Waals surface area (Å²) in [4.78, 5) is 27.2. The highest BCUT2D eigenvalue weighted by molar-refractivity contribution is 6.33. The summed E-state index contributed by atoms with van der Waals surface area (Å²) in [6.07, 6.45) is 8.11. The van der Waals surface area contributed by atoms with Crippen LogP contribution in [0.15, 0.2) is 24.9 Å². The molecule has 2 aromatic heterocycles. The summed E-state index contributed by atoms with van der Waals surface area (Å²) in [7, 11) is 0. The van der Waals surface area contributed by atoms with Crippen LogP contribution in [0.25, 0.3) is 0 Å². The lowest BCUT2D eigenvalue weighted by atomic mass is 9.83. The topological polar surface area (TPSA) is 108 Å². The maximum absolute atomic E-state index is 11.0. The number of halogens is 1. The molecule has 1 atom stereocenters. The second-order valence-corrected chi connectivity index (χ2v) is 7.37. The van der Waals surface area contributed by atoms with Crippen LogP contribution in [0, 0.1) is 5.92 Å². The van der Waals surface area contributed by atoms with Gasteiger partial charge in [-0.3, -0.25) is 14.8 Å². The van der Waals surface area contributed by atoms with Crippen LogP contribution in [0.4, 0.5) is 0 Å². The number of amides is 1. The molecule has 2 heterocycles. The maximum atomic E-state index is 11.0. The van der Waals surface area contributed by atoms with Crippen LogP contribution in [-0.2, 0) is 16.1 Å². The number of carbonyl (C=O) groups excluding carboxylic acids is 1. The standard InChI is InChI=1S/C19H24ClN5O4/c1-12(25-13(2)26)8-27-16-5-14(6-16)9-28-18-17(20)19(24-11-23-18)29-10-15-7-21-3-4-22-15/h3-4,7,11-12,14,16H,5-6,8-10H2,1-2H3,(H,25,26)/t12-,14-,16-/m0/s1. The van der Waals surface area contributed by atoms with E-state index in [1.807, 2.05) is 6.92 Å². The first kappa shape index (κ1) is 21.2. The third kappa shape index (κ3) is 6.50. The number of ether oxygens (including phenoxy) is 3. The molecule has 29 heavy (non-hydrogen) atoms. The van der Waals surface area contributed by atoms with E-state index >= 15 is 0 Å². The van der Waals surface area contributed by atoms with Gasteiger partial charge in [0.25, 0.3) is 0 Å². The van der Waals surface area contributed by atoms with E-state index in [1.54, 1.807) is 18.6 Å². The highest BCUT2D eigenvalue weighted by Crippen LogP contribution is 2.34. The Labute approximate surface area is 174 Å². The lowest BCUT2D eigenvalue weighted by Crippen LogP contribution is -2.40. The van der Waals surface area contributed by atoms with Gasteiger partial charge in [0, 0.05) is 25.4 Å². The number of rotatable bonds is 10. The molecule has 1 saturated carbocycles. The second-order valence-electron chi connectivity index (χ2n) is 6.99. The van der Waals surface area contributed by atoms with Crippen molar-refractivity contribution in [2.24, 2.45) is 5.92 Å². The Morgan fingerprint density at radius 1 is 1.24 bits per heavy atom. The molecule has 1 N–H and O–H groups in total. The summed E-state index contributed by atoms with van der Waals surface area (Å²) in [5.41, 5.74) is 0.665. The Bertz CT molecular complexity index is 804. The predicted octanol–water partition coefficient (Wildman–Crippen LogP) is 2.20. The fourth-order valence-corrected chi connectivity index (χ4v) is 3.11. The van der Waals surface area contributed by atoms with Crippen LogP contribution >= 0.6 is 11.6 Å². The molecule has 10 heteroatoms. The molecule has 156 valence electrons. The van der Waals surface area contributed by atoms with Crippen LogP contribution in [0.2, 0.25) is 5.02 Å². The Balaban J connectivity index is 1.40. The van der Waals surface area contributed by atoms with Gasteiger partial charge in [-0.1, -0.05) is 11.6 Å². The zero-order chi connectivity index (χ0) is 20.6. The fraction of sp³-hybridized carbons (Fsp3) is 0.526. The number of hydrogen-bond acceptors (Lipinski definition) is 8. The third-order valence-electron chi connectivity index (χ3n) is 4.38. The van der Waals surface area contributed by atoms with Gasteiger partial charge in [0.05, 0.1) is 31.2 Å². The van der Waals surface area contributed by atoms with Gasteiger partial charge in [0.15, 0.2) is 5.02 Å². The van der Waals surface area contributed by atoms with Crippen LogP contribution < -0.4 is 14.8 Å². The van der Waals surface area contributed by atoms with E-state index in [1.165, 1.54) is 13.3 Å². The summed E-state index contributed by atoms with van der Waals surface area (Å²) in [5.74, 6) is 0.845. The Kier molecular flexibility index (Phi) is 7.54. The molecule has 1 aliphatic rings. The van der Waals surface area contributed by atoms with Gasteiger partial charge < -0.3 is 19.5 Å². The van der Waals surface area contributed by atoms with Crippen LogP contribution in [0.3, 0.4) is 0 Å². The smallest absolute Gasteiger partial charge is 0.240 e. The molecule has 0 aromatic carbocycles. The highest BCUT2D eigenvalue weighted by atomic mass is 35.5. The molecule has 3 rings (SSSR count). The zero-order valence-electron chi connectivity index (χ0n) is 16.4. The van der Waals surface area contributed by atoms with Crippen molar-refractivity contribution in [1.82, 2.24) is 25.3 Å². The Morgan fingerprint density at radius 3 is 2.69 bits per heavy atom. The SMILES string of the molecule is CC(=O)N[C@@H](C)CO[C@H]1C[C@H](COc2ncnc(OCc3cnccn3)c2Cl)C1. The van der Waals surface area contributed by atoms with Crippen LogP contribution in [0.1, 0.15) is 32.4 Å². The van der Waals surface area contributed by atoms with E-state index in [0.29, 0.717) is 30.7 Å². The van der Waals surface area contributed by atoms with Gasteiger partial charge >= 0.3 is 0 Å². The van der Waals surface area contributed by atoms with Crippen molar-refractivity contribution in [3.8, 4) is 11.8 Å². The van der Waals surface area contributed by atoms with E-state index in [9.17, 15) is 4.79 Å². The molecular weight excluding hydrogens is 398 g/mol. The van der Waals surface area contributed by atoms with Gasteiger partial charge in [0.2, 0.25) is 17.7 Å². The predicted molar refractivity (Wildman–Crippen MR) is 105 cm³/mol. The van der Waals surface area contributed by atoms with E-state index in [-0.39, 0.29) is 35.6 Å². The normalized spacial score (nSPS) is 19.1. The van der Waals surface area contributed by atoms with E-state index < -0.39 is 0 Å². The Morgan fingerprint density at radius 2 is 2.00 bits per heavy atom. The monoisotopic (exact) mass is 421 g/mol. The fourth-order valence-electron chi connectivity index (χ4n) is 2.90. The second kappa shape index (κ2) is 10.3. The van der Waals surface area contributed by atoms with Crippen molar-refractivity contribution in [2.45, 2.75) is 45.4 Å². The first-order valence-electron chi connectivity index (χ1n) is 9.41. The van der Waals surface area contributed by atoms with Crippen molar-refractivity contribution in [3.05, 3.63) is 35.6 Å². The molecule has 2 aromatic rings. The molecule has 1 aliphatic carbocycles. The summed E-state index contributed by atoms with van der Waals surface area (Å²) in [6.45, 7) is 4.60. The largest absolute Gasteiger partial charge is 0.476 e. The molecule has 0 radical (unpaired) electrons. The lowest BCUT2D eigenvalue weighted by molar-refractivity contribution is -0.120. The molecule has 0 aliphatic heterocycles. The van der Waals surface area contributed by atoms with E-state index in [4.69, 9.17) is 25.8 Å². The molecule has 0 bridgehead atoms. The minimum absolute atomic E-state index is 0.00270. The molecule has 0 spiro atoms. The van der Waals surface area contributed by atoms with Crippen LogP contribution in [0.5, 0.6) is 11.8 Å². The molecular formula is C19H24ClN5O4. The average molecular weight is 422 g/mol. The summed E-state index contributed by atoms with van der Waals surface area (Å²) in [5, 5.41) is 3.03. The number of hydrogen-bond donors (Lipinski definition) is 1. The van der Waals surface area contributed by atoms with Crippen molar-refractivity contribution < 1.29 is 19.0 Å². The number of carbonyl (C=O) groups is 1. The third-order valence-corrected chi connectivity index (χ3v) is 4.70. The summed E-state index contributed by atoms with van der Waals surface area (Å²) >= 11 is 6.30. The number of nitrogens with one attached hydrogen (secondary N) is 1. The molecule has 0 saturated heterocycles.